The van der Waals surface area contributed by atoms with Crippen LogP contribution in [0.3, 0.4) is 0 Å². The van der Waals surface area contributed by atoms with Gasteiger partial charge in [-0.05, 0) is 42.2 Å². The minimum absolute atomic E-state index is 0.0953. The minimum atomic E-state index is -0.119. The smallest absolute Gasteiger partial charge is 0.318 e. The number of nitrogens with one attached hydrogen (secondary N) is 1. The number of pyridine rings is 1. The molecule has 7 heteroatoms. The van der Waals surface area contributed by atoms with Crippen molar-refractivity contribution in [3.05, 3.63) is 53.9 Å². The topological polar surface area (TPSA) is 72.9 Å². The number of hydrogen-bond donors (Lipinski definition) is 1. The van der Waals surface area contributed by atoms with E-state index in [1.165, 1.54) is 0 Å². The van der Waals surface area contributed by atoms with Crippen molar-refractivity contribution >= 4 is 6.03 Å². The van der Waals surface area contributed by atoms with E-state index in [0.717, 1.165) is 36.3 Å². The van der Waals surface area contributed by atoms with Crippen molar-refractivity contribution in [3.63, 3.8) is 0 Å². The largest absolute Gasteiger partial charge is 0.454 e. The Hall–Kier alpha value is -2.80. The molecule has 4 rings (SSSR count). The van der Waals surface area contributed by atoms with Crippen LogP contribution in [-0.4, -0.2) is 42.0 Å². The number of carbonyl (C=O) groups is 1. The number of fused-ring (bicyclic) bond motifs is 1. The van der Waals surface area contributed by atoms with E-state index in [-0.39, 0.29) is 18.9 Å². The molecule has 0 spiro atoms. The molecule has 0 bridgehead atoms. The van der Waals surface area contributed by atoms with Crippen LogP contribution in [-0.2, 0) is 17.8 Å². The molecule has 1 aromatic heterocycles. The average molecular weight is 369 g/mol. The molecular weight excluding hydrogens is 346 g/mol. The van der Waals surface area contributed by atoms with Gasteiger partial charge in [-0.3, -0.25) is 4.98 Å². The van der Waals surface area contributed by atoms with Gasteiger partial charge in [-0.2, -0.15) is 0 Å². The molecule has 2 aromatic rings. The van der Waals surface area contributed by atoms with E-state index < -0.39 is 0 Å². The molecular formula is C20H23N3O4. The maximum atomic E-state index is 12.8. The van der Waals surface area contributed by atoms with Crippen LogP contribution in [0.4, 0.5) is 4.79 Å². The van der Waals surface area contributed by atoms with Gasteiger partial charge in [-0.1, -0.05) is 12.1 Å². The molecule has 7 nitrogen and oxygen atoms in total. The van der Waals surface area contributed by atoms with E-state index in [9.17, 15) is 4.79 Å². The van der Waals surface area contributed by atoms with Gasteiger partial charge >= 0.3 is 6.03 Å². The van der Waals surface area contributed by atoms with Crippen molar-refractivity contribution in [1.29, 1.82) is 0 Å². The highest BCUT2D eigenvalue weighted by Gasteiger charge is 2.23. The van der Waals surface area contributed by atoms with Crippen LogP contribution in [0.15, 0.2) is 42.7 Å². The van der Waals surface area contributed by atoms with Crippen LogP contribution >= 0.6 is 0 Å². The molecule has 1 atom stereocenters. The molecule has 27 heavy (non-hydrogen) atoms. The van der Waals surface area contributed by atoms with E-state index >= 15 is 0 Å². The third kappa shape index (κ3) is 4.49. The van der Waals surface area contributed by atoms with Gasteiger partial charge in [0.2, 0.25) is 6.79 Å². The fraction of sp³-hybridized carbons (Fsp3) is 0.400. The second-order valence-electron chi connectivity index (χ2n) is 6.72. The lowest BCUT2D eigenvalue weighted by Gasteiger charge is -2.26. The Bertz CT molecular complexity index is 778. The first-order valence-corrected chi connectivity index (χ1v) is 9.20. The Kier molecular flexibility index (Phi) is 5.39. The molecule has 2 amide bonds. The van der Waals surface area contributed by atoms with Gasteiger partial charge in [0.15, 0.2) is 11.5 Å². The van der Waals surface area contributed by atoms with E-state index in [1.807, 2.05) is 30.3 Å². The lowest BCUT2D eigenvalue weighted by molar-refractivity contribution is 0.0794. The van der Waals surface area contributed by atoms with Crippen LogP contribution in [0.2, 0.25) is 0 Å². The minimum Gasteiger partial charge on any atom is -0.454 e. The van der Waals surface area contributed by atoms with Crippen molar-refractivity contribution in [2.45, 2.75) is 32.0 Å². The second kappa shape index (κ2) is 8.26. The third-order valence-electron chi connectivity index (χ3n) is 4.71. The van der Waals surface area contributed by atoms with Gasteiger partial charge in [-0.15, -0.1) is 0 Å². The molecule has 2 aliphatic heterocycles. The van der Waals surface area contributed by atoms with Gasteiger partial charge in [0, 0.05) is 38.6 Å². The highest BCUT2D eigenvalue weighted by molar-refractivity contribution is 5.74. The van der Waals surface area contributed by atoms with E-state index in [1.54, 1.807) is 17.3 Å². The van der Waals surface area contributed by atoms with E-state index in [2.05, 4.69) is 10.3 Å². The molecule has 0 unspecified atom stereocenters. The number of nitrogens with zero attached hydrogens (tertiary/aromatic N) is 2. The Morgan fingerprint density at radius 1 is 1.22 bits per heavy atom. The lowest BCUT2D eigenvalue weighted by atomic mass is 10.2. The quantitative estimate of drug-likeness (QED) is 0.848. The van der Waals surface area contributed by atoms with Crippen LogP contribution in [0, 0.1) is 0 Å². The summed E-state index contributed by atoms with van der Waals surface area (Å²) in [6, 6.07) is 9.42. The summed E-state index contributed by atoms with van der Waals surface area (Å²) in [4.78, 5) is 18.8. The summed E-state index contributed by atoms with van der Waals surface area (Å²) in [6.07, 6.45) is 5.64. The summed E-state index contributed by atoms with van der Waals surface area (Å²) < 4.78 is 16.4. The summed E-state index contributed by atoms with van der Waals surface area (Å²) in [5.74, 6) is 1.45. The number of rotatable bonds is 6. The zero-order chi connectivity index (χ0) is 18.5. The zero-order valence-electron chi connectivity index (χ0n) is 15.1. The molecule has 0 aliphatic carbocycles. The van der Waals surface area contributed by atoms with Gasteiger partial charge in [0.1, 0.15) is 0 Å². The van der Waals surface area contributed by atoms with E-state index in [0.29, 0.717) is 25.4 Å². The molecule has 2 aliphatic rings. The third-order valence-corrected chi connectivity index (χ3v) is 4.71. The normalized spacial score (nSPS) is 17.7. The Labute approximate surface area is 158 Å². The number of urea groups is 1. The predicted molar refractivity (Wildman–Crippen MR) is 98.4 cm³/mol. The van der Waals surface area contributed by atoms with E-state index in [4.69, 9.17) is 14.2 Å². The summed E-state index contributed by atoms with van der Waals surface area (Å²) in [5.41, 5.74) is 1.96. The molecule has 1 fully saturated rings. The number of amides is 2. The van der Waals surface area contributed by atoms with Gasteiger partial charge < -0.3 is 24.4 Å². The molecule has 1 saturated heterocycles. The van der Waals surface area contributed by atoms with Crippen LogP contribution in [0.25, 0.3) is 0 Å². The van der Waals surface area contributed by atoms with Crippen molar-refractivity contribution < 1.29 is 19.0 Å². The molecule has 3 heterocycles. The number of benzene rings is 1. The highest BCUT2D eigenvalue weighted by atomic mass is 16.7. The Morgan fingerprint density at radius 3 is 2.96 bits per heavy atom. The number of ether oxygens (including phenoxy) is 3. The lowest BCUT2D eigenvalue weighted by Crippen LogP contribution is -2.43. The molecule has 1 N–H and O–H groups in total. The molecule has 1 aromatic carbocycles. The van der Waals surface area contributed by atoms with Crippen molar-refractivity contribution in [2.75, 3.05) is 19.9 Å². The Morgan fingerprint density at radius 2 is 2.15 bits per heavy atom. The van der Waals surface area contributed by atoms with Crippen molar-refractivity contribution in [3.8, 4) is 11.5 Å². The first-order chi connectivity index (χ1) is 13.3. The number of aromatic nitrogens is 1. The second-order valence-corrected chi connectivity index (χ2v) is 6.72. The van der Waals surface area contributed by atoms with Crippen LogP contribution in [0.5, 0.6) is 11.5 Å². The zero-order valence-corrected chi connectivity index (χ0v) is 15.1. The first-order valence-electron chi connectivity index (χ1n) is 9.20. The summed E-state index contributed by atoms with van der Waals surface area (Å²) in [5, 5.41) is 3.00. The highest BCUT2D eigenvalue weighted by Crippen LogP contribution is 2.32. The summed E-state index contributed by atoms with van der Waals surface area (Å²) >= 11 is 0. The van der Waals surface area contributed by atoms with Gasteiger partial charge in [0.25, 0.3) is 0 Å². The monoisotopic (exact) mass is 369 g/mol. The van der Waals surface area contributed by atoms with Crippen molar-refractivity contribution in [1.82, 2.24) is 15.2 Å². The van der Waals surface area contributed by atoms with Crippen molar-refractivity contribution in [2.24, 2.45) is 0 Å². The molecule has 142 valence electrons. The fourth-order valence-electron chi connectivity index (χ4n) is 3.31. The maximum absolute atomic E-state index is 12.8. The number of carbonyl (C=O) groups excluding carboxylic acids is 1. The average Bonchev–Trinajstić information content (AvgIpc) is 3.37. The first kappa shape index (κ1) is 17.6. The number of hydrogen-bond acceptors (Lipinski definition) is 5. The van der Waals surface area contributed by atoms with Gasteiger partial charge in [0.05, 0.1) is 6.10 Å². The SMILES string of the molecule is O=C(NCc1ccc2c(c1)OCO2)N(Cc1cccnc1)C[C@@H]1CCCO1. The summed E-state index contributed by atoms with van der Waals surface area (Å²) in [7, 11) is 0. The van der Waals surface area contributed by atoms with Crippen LogP contribution < -0.4 is 14.8 Å². The Balaban J connectivity index is 1.39. The standard InChI is InChI=1S/C20H23N3O4/c24-20(22-11-15-5-6-18-19(9-15)27-14-26-18)23(13-17-4-2-8-25-17)12-16-3-1-7-21-10-16/h1,3,5-7,9-10,17H,2,4,8,11-14H2,(H,22,24)/t17-/m0/s1. The predicted octanol–water partition coefficient (Wildman–Crippen LogP) is 2.70. The summed E-state index contributed by atoms with van der Waals surface area (Å²) in [6.45, 7) is 2.50. The van der Waals surface area contributed by atoms with Crippen LogP contribution in [0.1, 0.15) is 24.0 Å². The van der Waals surface area contributed by atoms with Gasteiger partial charge in [-0.25, -0.2) is 4.79 Å². The molecule has 0 saturated carbocycles. The fourth-order valence-corrected chi connectivity index (χ4v) is 3.31. The maximum Gasteiger partial charge on any atom is 0.318 e. The molecule has 0 radical (unpaired) electrons.